The zero-order valence-corrected chi connectivity index (χ0v) is 16.6. The van der Waals surface area contributed by atoms with Crippen LogP contribution < -0.4 is 4.74 Å². The number of nitrogens with zero attached hydrogens (tertiary/aromatic N) is 4. The van der Waals surface area contributed by atoms with E-state index < -0.39 is 0 Å². The van der Waals surface area contributed by atoms with E-state index in [-0.39, 0.29) is 0 Å². The molecule has 0 unspecified atom stereocenters. The van der Waals surface area contributed by atoms with Crippen molar-refractivity contribution in [2.24, 2.45) is 5.10 Å². The Kier molecular flexibility index (Phi) is 6.34. The normalized spacial score (nSPS) is 11.0. The van der Waals surface area contributed by atoms with Crippen LogP contribution in [0.5, 0.6) is 5.75 Å². The van der Waals surface area contributed by atoms with E-state index in [0.29, 0.717) is 6.61 Å². The quantitative estimate of drug-likeness (QED) is 0.307. The lowest BCUT2D eigenvalue weighted by Crippen LogP contribution is -1.99. The number of thioether (sulfide) groups is 1. The van der Waals surface area contributed by atoms with Crippen molar-refractivity contribution in [1.82, 2.24) is 14.9 Å². The molecule has 144 valence electrons. The number of hydrogen-bond acceptors (Lipinski definition) is 5. The summed E-state index contributed by atoms with van der Waals surface area (Å²) in [5.74, 6) is 1.60. The Morgan fingerprint density at radius 2 is 1.55 bits per heavy atom. The average Bonchev–Trinajstić information content (AvgIpc) is 3.24. The fourth-order valence-corrected chi connectivity index (χ4v) is 3.51. The van der Waals surface area contributed by atoms with Crippen molar-refractivity contribution in [1.29, 1.82) is 0 Å². The summed E-state index contributed by atoms with van der Waals surface area (Å²) in [4.78, 5) is 0. The smallest absolute Gasteiger partial charge is 0.212 e. The molecule has 0 aliphatic heterocycles. The third kappa shape index (κ3) is 5.33. The Labute approximate surface area is 174 Å². The fourth-order valence-electron chi connectivity index (χ4n) is 2.69. The monoisotopic (exact) mass is 400 g/mol. The van der Waals surface area contributed by atoms with Gasteiger partial charge in [-0.2, -0.15) is 9.78 Å². The third-order valence-electron chi connectivity index (χ3n) is 4.19. The van der Waals surface area contributed by atoms with Crippen molar-refractivity contribution in [2.45, 2.75) is 17.5 Å². The summed E-state index contributed by atoms with van der Waals surface area (Å²) in [7, 11) is 0. The van der Waals surface area contributed by atoms with Gasteiger partial charge in [0, 0.05) is 11.3 Å². The maximum absolute atomic E-state index is 5.99. The SMILES string of the molecule is C(=N/n1cnnc1SCc1ccccc1)/c1ccccc1OCc1ccccc1. The highest BCUT2D eigenvalue weighted by molar-refractivity contribution is 7.98. The first-order valence-electron chi connectivity index (χ1n) is 9.25. The molecule has 0 radical (unpaired) electrons. The zero-order valence-electron chi connectivity index (χ0n) is 15.8. The molecular formula is C23H20N4OS. The van der Waals surface area contributed by atoms with E-state index in [1.165, 1.54) is 5.56 Å². The van der Waals surface area contributed by atoms with Gasteiger partial charge >= 0.3 is 0 Å². The van der Waals surface area contributed by atoms with Crippen molar-refractivity contribution in [3.8, 4) is 5.75 Å². The summed E-state index contributed by atoms with van der Waals surface area (Å²) >= 11 is 1.60. The van der Waals surface area contributed by atoms with E-state index in [0.717, 1.165) is 27.8 Å². The van der Waals surface area contributed by atoms with Crippen LogP contribution in [0.3, 0.4) is 0 Å². The summed E-state index contributed by atoms with van der Waals surface area (Å²) in [6.07, 6.45) is 3.38. The molecule has 0 amide bonds. The molecule has 1 heterocycles. The van der Waals surface area contributed by atoms with E-state index >= 15 is 0 Å². The van der Waals surface area contributed by atoms with Crippen LogP contribution in [0.25, 0.3) is 0 Å². The maximum Gasteiger partial charge on any atom is 0.212 e. The van der Waals surface area contributed by atoms with Crippen LogP contribution in [0.15, 0.2) is 102 Å². The minimum absolute atomic E-state index is 0.510. The molecule has 6 heteroatoms. The Morgan fingerprint density at radius 1 is 0.862 bits per heavy atom. The van der Waals surface area contributed by atoms with Gasteiger partial charge in [-0.15, -0.1) is 10.2 Å². The molecule has 0 spiro atoms. The van der Waals surface area contributed by atoms with Gasteiger partial charge in [0.05, 0.1) is 6.21 Å². The first-order chi connectivity index (χ1) is 14.4. The first kappa shape index (κ1) is 19.0. The number of hydrogen-bond donors (Lipinski definition) is 0. The average molecular weight is 401 g/mol. The Balaban J connectivity index is 1.44. The lowest BCUT2D eigenvalue weighted by atomic mass is 10.2. The number of rotatable bonds is 8. The molecule has 0 fully saturated rings. The lowest BCUT2D eigenvalue weighted by molar-refractivity contribution is 0.306. The van der Waals surface area contributed by atoms with Gasteiger partial charge in [-0.1, -0.05) is 84.6 Å². The van der Waals surface area contributed by atoms with Crippen LogP contribution in [0, 0.1) is 0 Å². The predicted octanol–water partition coefficient (Wildman–Crippen LogP) is 5.03. The van der Waals surface area contributed by atoms with Crippen molar-refractivity contribution in [3.63, 3.8) is 0 Å². The molecule has 4 rings (SSSR count). The van der Waals surface area contributed by atoms with Crippen LogP contribution >= 0.6 is 11.8 Å². The fraction of sp³-hybridized carbons (Fsp3) is 0.0870. The second kappa shape index (κ2) is 9.71. The van der Waals surface area contributed by atoms with Crippen molar-refractivity contribution in [2.75, 3.05) is 0 Å². The van der Waals surface area contributed by atoms with Crippen LogP contribution in [-0.2, 0) is 12.4 Å². The minimum atomic E-state index is 0.510. The highest BCUT2D eigenvalue weighted by Gasteiger charge is 2.06. The number of aromatic nitrogens is 3. The largest absolute Gasteiger partial charge is 0.488 e. The van der Waals surface area contributed by atoms with Gasteiger partial charge in [0.1, 0.15) is 18.7 Å². The van der Waals surface area contributed by atoms with Gasteiger partial charge in [-0.3, -0.25) is 0 Å². The highest BCUT2D eigenvalue weighted by atomic mass is 32.2. The maximum atomic E-state index is 5.99. The molecule has 0 saturated heterocycles. The van der Waals surface area contributed by atoms with Gasteiger partial charge in [-0.05, 0) is 23.3 Å². The van der Waals surface area contributed by atoms with Crippen molar-refractivity contribution in [3.05, 3.63) is 108 Å². The van der Waals surface area contributed by atoms with Crippen molar-refractivity contribution < 1.29 is 4.74 Å². The Hall–Kier alpha value is -3.38. The van der Waals surface area contributed by atoms with Gasteiger partial charge in [0.15, 0.2) is 0 Å². The van der Waals surface area contributed by atoms with Gasteiger partial charge in [0.25, 0.3) is 0 Å². The van der Waals surface area contributed by atoms with Crippen molar-refractivity contribution >= 4 is 18.0 Å². The summed E-state index contributed by atoms with van der Waals surface area (Å²) in [6.45, 7) is 0.510. The molecule has 0 atom stereocenters. The molecule has 1 aromatic heterocycles. The molecule has 0 bridgehead atoms. The molecule has 0 aliphatic carbocycles. The van der Waals surface area contributed by atoms with Gasteiger partial charge in [0.2, 0.25) is 5.16 Å². The molecule has 0 saturated carbocycles. The molecule has 29 heavy (non-hydrogen) atoms. The highest BCUT2D eigenvalue weighted by Crippen LogP contribution is 2.21. The molecule has 0 N–H and O–H groups in total. The third-order valence-corrected chi connectivity index (χ3v) is 5.19. The summed E-state index contributed by atoms with van der Waals surface area (Å²) < 4.78 is 7.67. The summed E-state index contributed by atoms with van der Waals surface area (Å²) in [5.41, 5.74) is 3.25. The van der Waals surface area contributed by atoms with Crippen LogP contribution in [0.1, 0.15) is 16.7 Å². The van der Waals surface area contributed by atoms with Crippen LogP contribution in [-0.4, -0.2) is 21.1 Å². The lowest BCUT2D eigenvalue weighted by Gasteiger charge is -2.09. The van der Waals surface area contributed by atoms with E-state index in [2.05, 4.69) is 27.4 Å². The topological polar surface area (TPSA) is 52.3 Å². The first-order valence-corrected chi connectivity index (χ1v) is 10.2. The molecular weight excluding hydrogens is 380 g/mol. The van der Waals surface area contributed by atoms with Gasteiger partial charge in [-0.25, -0.2) is 0 Å². The predicted molar refractivity (Wildman–Crippen MR) is 116 cm³/mol. The second-order valence-electron chi connectivity index (χ2n) is 6.29. The van der Waals surface area contributed by atoms with E-state index in [1.54, 1.807) is 29.0 Å². The summed E-state index contributed by atoms with van der Waals surface area (Å²) in [5, 5.41) is 13.4. The van der Waals surface area contributed by atoms with Crippen LogP contribution in [0.4, 0.5) is 0 Å². The Bertz CT molecular complexity index is 1060. The number of ether oxygens (including phenoxy) is 1. The van der Waals surface area contributed by atoms with Crippen LogP contribution in [0.2, 0.25) is 0 Å². The van der Waals surface area contributed by atoms with E-state index in [4.69, 9.17) is 4.74 Å². The molecule has 0 aliphatic rings. The molecule has 4 aromatic rings. The minimum Gasteiger partial charge on any atom is -0.488 e. The molecule has 5 nitrogen and oxygen atoms in total. The standard InChI is InChI=1S/C23H20N4OS/c1-3-9-19(10-4-1)16-28-22-14-8-7-13-21(22)15-25-27-18-24-26-23(27)29-17-20-11-5-2-6-12-20/h1-15,18H,16-17H2/b25-15-. The Morgan fingerprint density at radius 3 is 2.34 bits per heavy atom. The second-order valence-corrected chi connectivity index (χ2v) is 7.23. The summed E-state index contributed by atoms with van der Waals surface area (Å²) in [6, 6.07) is 28.2. The number of para-hydroxylation sites is 1. The van der Waals surface area contributed by atoms with Gasteiger partial charge < -0.3 is 4.74 Å². The zero-order chi connectivity index (χ0) is 19.7. The van der Waals surface area contributed by atoms with E-state index in [1.807, 2.05) is 72.8 Å². The molecule has 3 aromatic carbocycles. The number of benzene rings is 3. The van der Waals surface area contributed by atoms with E-state index in [9.17, 15) is 0 Å².